The molecule has 1 rings (SSSR count). The maximum Gasteiger partial charge on any atom is 0.387 e. The molecule has 0 saturated carbocycles. The van der Waals surface area contributed by atoms with Crippen molar-refractivity contribution in [2.24, 2.45) is 0 Å². The van der Waals surface area contributed by atoms with Crippen LogP contribution in [0.25, 0.3) is 0 Å². The highest BCUT2D eigenvalue weighted by molar-refractivity contribution is 9.09. The van der Waals surface area contributed by atoms with Crippen LogP contribution in [0.5, 0.6) is 11.5 Å². The second kappa shape index (κ2) is 5.90. The van der Waals surface area contributed by atoms with Crippen molar-refractivity contribution in [1.29, 1.82) is 0 Å². The number of phenolic OH excluding ortho intramolecular Hbond substituents is 1. The molecule has 5 heteroatoms. The predicted octanol–water partition coefficient (Wildman–Crippen LogP) is 3.32. The molecule has 1 aromatic rings. The fourth-order valence-corrected chi connectivity index (χ4v) is 1.48. The van der Waals surface area contributed by atoms with Crippen LogP contribution in [-0.2, 0) is 6.42 Å². The quantitative estimate of drug-likeness (QED) is 0.839. The van der Waals surface area contributed by atoms with E-state index in [9.17, 15) is 13.9 Å². The van der Waals surface area contributed by atoms with Crippen LogP contribution in [0.2, 0.25) is 0 Å². The highest BCUT2D eigenvalue weighted by Gasteiger charge is 2.07. The van der Waals surface area contributed by atoms with E-state index < -0.39 is 6.61 Å². The minimum Gasteiger partial charge on any atom is -0.508 e. The average molecular weight is 281 g/mol. The summed E-state index contributed by atoms with van der Waals surface area (Å²) >= 11 is 3.26. The highest BCUT2D eigenvalue weighted by Crippen LogP contribution is 2.25. The average Bonchev–Trinajstić information content (AvgIpc) is 2.18. The largest absolute Gasteiger partial charge is 0.508 e. The van der Waals surface area contributed by atoms with Crippen molar-refractivity contribution in [2.45, 2.75) is 19.5 Å². The molecule has 15 heavy (non-hydrogen) atoms. The van der Waals surface area contributed by atoms with Gasteiger partial charge in [-0.2, -0.15) is 8.78 Å². The minimum atomic E-state index is -2.83. The van der Waals surface area contributed by atoms with Crippen LogP contribution in [0.3, 0.4) is 0 Å². The van der Waals surface area contributed by atoms with Crippen LogP contribution >= 0.6 is 15.9 Å². The van der Waals surface area contributed by atoms with Gasteiger partial charge in [-0.05, 0) is 36.6 Å². The number of ether oxygens (including phenoxy) is 1. The summed E-state index contributed by atoms with van der Waals surface area (Å²) in [6, 6.07) is 4.12. The van der Waals surface area contributed by atoms with Crippen molar-refractivity contribution in [3.05, 3.63) is 23.8 Å². The lowest BCUT2D eigenvalue weighted by Crippen LogP contribution is -2.02. The molecule has 0 aromatic heterocycles. The summed E-state index contributed by atoms with van der Waals surface area (Å²) in [5.74, 6) is 0.185. The van der Waals surface area contributed by atoms with Crippen LogP contribution in [0.15, 0.2) is 18.2 Å². The van der Waals surface area contributed by atoms with Crippen molar-refractivity contribution >= 4 is 15.9 Å². The molecule has 0 aliphatic heterocycles. The molecular formula is C10H11BrF2O2. The molecule has 0 saturated heterocycles. The molecule has 0 spiro atoms. The molecule has 0 aliphatic rings. The number of hydrogen-bond acceptors (Lipinski definition) is 2. The van der Waals surface area contributed by atoms with Gasteiger partial charge in [0.15, 0.2) is 0 Å². The second-order valence-electron chi connectivity index (χ2n) is 2.96. The van der Waals surface area contributed by atoms with Gasteiger partial charge in [0.05, 0.1) is 0 Å². The molecular weight excluding hydrogens is 270 g/mol. The third-order valence-electron chi connectivity index (χ3n) is 1.86. The molecule has 0 bridgehead atoms. The van der Waals surface area contributed by atoms with Crippen molar-refractivity contribution in [1.82, 2.24) is 0 Å². The summed E-state index contributed by atoms with van der Waals surface area (Å²) in [7, 11) is 0. The van der Waals surface area contributed by atoms with Gasteiger partial charge in [-0.3, -0.25) is 0 Å². The van der Waals surface area contributed by atoms with E-state index in [2.05, 4.69) is 20.7 Å². The van der Waals surface area contributed by atoms with Crippen LogP contribution in [0.1, 0.15) is 12.0 Å². The molecule has 0 amide bonds. The van der Waals surface area contributed by atoms with E-state index >= 15 is 0 Å². The molecule has 0 aliphatic carbocycles. The fraction of sp³-hybridized carbons (Fsp3) is 0.400. The Labute approximate surface area is 95.0 Å². The van der Waals surface area contributed by atoms with Crippen molar-refractivity contribution < 1.29 is 18.6 Å². The number of hydrogen-bond donors (Lipinski definition) is 1. The first-order chi connectivity index (χ1) is 7.13. The van der Waals surface area contributed by atoms with Crippen LogP contribution in [0, 0.1) is 0 Å². The van der Waals surface area contributed by atoms with E-state index in [0.717, 1.165) is 11.8 Å². The smallest absolute Gasteiger partial charge is 0.387 e. The minimum absolute atomic E-state index is 0.0763. The van der Waals surface area contributed by atoms with Gasteiger partial charge in [0.1, 0.15) is 11.5 Å². The van der Waals surface area contributed by atoms with Gasteiger partial charge >= 0.3 is 6.61 Å². The maximum absolute atomic E-state index is 11.9. The Balaban J connectivity index is 2.75. The van der Waals surface area contributed by atoms with E-state index in [1.54, 1.807) is 0 Å². The van der Waals surface area contributed by atoms with Gasteiger partial charge < -0.3 is 9.84 Å². The summed E-state index contributed by atoms with van der Waals surface area (Å²) in [6.07, 6.45) is 1.45. The maximum atomic E-state index is 11.9. The number of aryl methyl sites for hydroxylation is 1. The Morgan fingerprint density at radius 3 is 2.73 bits per heavy atom. The van der Waals surface area contributed by atoms with Crippen LogP contribution in [0.4, 0.5) is 8.78 Å². The van der Waals surface area contributed by atoms with Gasteiger partial charge in [-0.25, -0.2) is 0 Å². The molecule has 0 unspecified atom stereocenters. The van der Waals surface area contributed by atoms with Crippen molar-refractivity contribution in [2.75, 3.05) is 5.33 Å². The first-order valence-corrected chi connectivity index (χ1v) is 5.58. The molecule has 0 radical (unpaired) electrons. The first-order valence-electron chi connectivity index (χ1n) is 4.46. The number of phenols is 1. The summed E-state index contributed by atoms with van der Waals surface area (Å²) in [4.78, 5) is 0. The molecule has 0 atom stereocenters. The third kappa shape index (κ3) is 4.03. The Kier molecular flexibility index (Phi) is 4.81. The summed E-state index contributed by atoms with van der Waals surface area (Å²) in [5, 5.41) is 10.2. The zero-order valence-corrected chi connectivity index (χ0v) is 9.51. The van der Waals surface area contributed by atoms with E-state index in [0.29, 0.717) is 12.0 Å². The summed E-state index contributed by atoms with van der Waals surface area (Å²) in [5.41, 5.74) is 0.618. The number of alkyl halides is 3. The summed E-state index contributed by atoms with van der Waals surface area (Å²) < 4.78 is 28.1. The lowest BCUT2D eigenvalue weighted by molar-refractivity contribution is -0.0499. The topological polar surface area (TPSA) is 29.5 Å². The van der Waals surface area contributed by atoms with Gasteiger partial charge in [0, 0.05) is 5.33 Å². The second-order valence-corrected chi connectivity index (χ2v) is 3.75. The van der Waals surface area contributed by atoms with E-state index in [1.807, 2.05) is 0 Å². The standard InChI is InChI=1S/C10H11BrF2O2/c11-5-1-2-7-6-8(15-10(12)13)3-4-9(7)14/h3-4,6,10,14H,1-2,5H2. The normalized spacial score (nSPS) is 10.7. The Bertz CT molecular complexity index is 318. The van der Waals surface area contributed by atoms with E-state index in [-0.39, 0.29) is 11.5 Å². The third-order valence-corrected chi connectivity index (χ3v) is 2.42. The number of benzene rings is 1. The van der Waals surface area contributed by atoms with Crippen molar-refractivity contribution in [3.63, 3.8) is 0 Å². The van der Waals surface area contributed by atoms with Crippen LogP contribution < -0.4 is 4.74 Å². The van der Waals surface area contributed by atoms with Crippen LogP contribution in [-0.4, -0.2) is 17.0 Å². The van der Waals surface area contributed by atoms with Gasteiger partial charge in [0.2, 0.25) is 0 Å². The number of rotatable bonds is 5. The molecule has 0 heterocycles. The Morgan fingerprint density at radius 1 is 1.40 bits per heavy atom. The van der Waals surface area contributed by atoms with E-state index in [1.165, 1.54) is 18.2 Å². The fourth-order valence-electron chi connectivity index (χ4n) is 1.20. The SMILES string of the molecule is Oc1ccc(OC(F)F)cc1CCCBr. The lowest BCUT2D eigenvalue weighted by atomic mass is 10.1. The molecule has 84 valence electrons. The molecule has 0 fully saturated rings. The monoisotopic (exact) mass is 280 g/mol. The van der Waals surface area contributed by atoms with Gasteiger partial charge in [0.25, 0.3) is 0 Å². The number of aromatic hydroxyl groups is 1. The van der Waals surface area contributed by atoms with Gasteiger partial charge in [-0.1, -0.05) is 15.9 Å². The summed E-state index contributed by atoms with van der Waals surface area (Å²) in [6.45, 7) is -2.83. The molecule has 2 nitrogen and oxygen atoms in total. The zero-order valence-electron chi connectivity index (χ0n) is 7.92. The van der Waals surface area contributed by atoms with Gasteiger partial charge in [-0.15, -0.1) is 0 Å². The Hall–Kier alpha value is -0.840. The van der Waals surface area contributed by atoms with E-state index in [4.69, 9.17) is 0 Å². The molecule has 1 aromatic carbocycles. The lowest BCUT2D eigenvalue weighted by Gasteiger charge is -2.08. The number of halogens is 3. The Morgan fingerprint density at radius 2 is 2.13 bits per heavy atom. The zero-order chi connectivity index (χ0) is 11.3. The van der Waals surface area contributed by atoms with Crippen molar-refractivity contribution in [3.8, 4) is 11.5 Å². The first kappa shape index (κ1) is 12.2. The molecule has 1 N–H and O–H groups in total. The predicted molar refractivity (Wildman–Crippen MR) is 56.9 cm³/mol. The highest BCUT2D eigenvalue weighted by atomic mass is 79.9.